The van der Waals surface area contributed by atoms with Gasteiger partial charge in [-0.25, -0.2) is 14.8 Å². The molecule has 0 atom stereocenters. The van der Waals surface area contributed by atoms with E-state index in [9.17, 15) is 9.90 Å². The second kappa shape index (κ2) is 10.3. The van der Waals surface area contributed by atoms with Crippen LogP contribution >= 0.6 is 11.3 Å². The Bertz CT molecular complexity index is 1210. The van der Waals surface area contributed by atoms with Gasteiger partial charge in [-0.3, -0.25) is 0 Å². The van der Waals surface area contributed by atoms with Crippen LogP contribution < -0.4 is 9.64 Å². The Kier molecular flexibility index (Phi) is 7.00. The van der Waals surface area contributed by atoms with Crippen molar-refractivity contribution in [3.8, 4) is 17.0 Å². The van der Waals surface area contributed by atoms with Crippen LogP contribution in [0, 0.1) is 0 Å². The van der Waals surface area contributed by atoms with Gasteiger partial charge in [0.25, 0.3) is 0 Å². The van der Waals surface area contributed by atoms with Crippen LogP contribution in [0.5, 0.6) is 5.75 Å². The molecular weight excluding hydrogens is 434 g/mol. The number of benzene rings is 2. The Morgan fingerprint density at radius 1 is 1.03 bits per heavy atom. The summed E-state index contributed by atoms with van der Waals surface area (Å²) in [6.45, 7) is 4.95. The first kappa shape index (κ1) is 22.5. The number of anilines is 1. The van der Waals surface area contributed by atoms with Crippen molar-refractivity contribution in [2.75, 3.05) is 4.90 Å². The van der Waals surface area contributed by atoms with Crippen LogP contribution in [-0.4, -0.2) is 27.1 Å². The van der Waals surface area contributed by atoms with Crippen molar-refractivity contribution in [2.45, 2.75) is 33.0 Å². The van der Waals surface area contributed by atoms with E-state index >= 15 is 0 Å². The molecule has 2 aromatic heterocycles. The Labute approximate surface area is 197 Å². The predicted octanol–water partition coefficient (Wildman–Crippen LogP) is 5.90. The minimum atomic E-state index is -0.944. The Hall–Kier alpha value is -3.71. The van der Waals surface area contributed by atoms with Crippen molar-refractivity contribution in [2.24, 2.45) is 0 Å². The molecule has 7 heteroatoms. The summed E-state index contributed by atoms with van der Waals surface area (Å²) < 4.78 is 5.73. The SMILES string of the molecule is CC(C)Oc1ccc(-c2ccnc(N(Cc3cccs3)Cc3ccccc3C(=O)O)n2)cc1. The number of carbonyl (C=O) groups is 1. The Balaban J connectivity index is 1.65. The molecule has 4 aromatic rings. The van der Waals surface area contributed by atoms with Crippen LogP contribution in [0.15, 0.2) is 78.3 Å². The molecular formula is C26H25N3O3S. The summed E-state index contributed by atoms with van der Waals surface area (Å²) in [6, 6.07) is 20.8. The summed E-state index contributed by atoms with van der Waals surface area (Å²) in [4.78, 5) is 24.2. The van der Waals surface area contributed by atoms with Crippen LogP contribution in [0.3, 0.4) is 0 Å². The minimum Gasteiger partial charge on any atom is -0.491 e. The van der Waals surface area contributed by atoms with Gasteiger partial charge in [-0.05, 0) is 67.3 Å². The molecule has 2 heterocycles. The molecule has 1 N–H and O–H groups in total. The number of hydrogen-bond donors (Lipinski definition) is 1. The van der Waals surface area contributed by atoms with E-state index in [2.05, 4.69) is 11.1 Å². The van der Waals surface area contributed by atoms with Gasteiger partial charge in [0.05, 0.1) is 23.9 Å². The van der Waals surface area contributed by atoms with Gasteiger partial charge in [0, 0.05) is 23.2 Å². The summed E-state index contributed by atoms with van der Waals surface area (Å²) in [6.07, 6.45) is 1.85. The standard InChI is InChI=1S/C26H25N3O3S/c1-18(2)32-21-11-9-19(10-12-21)24-13-14-27-26(28-24)29(17-22-7-5-15-33-22)16-20-6-3-4-8-23(20)25(30)31/h3-15,18H,16-17H2,1-2H3,(H,30,31). The van der Waals surface area contributed by atoms with Crippen LogP contribution in [0.4, 0.5) is 5.95 Å². The zero-order valence-corrected chi connectivity index (χ0v) is 19.3. The molecule has 0 fully saturated rings. The van der Waals surface area contributed by atoms with Gasteiger partial charge in [-0.1, -0.05) is 24.3 Å². The zero-order valence-electron chi connectivity index (χ0n) is 18.5. The van der Waals surface area contributed by atoms with Gasteiger partial charge in [-0.2, -0.15) is 0 Å². The van der Waals surface area contributed by atoms with Crippen molar-refractivity contribution < 1.29 is 14.6 Å². The summed E-state index contributed by atoms with van der Waals surface area (Å²) in [5.41, 5.74) is 2.74. The van der Waals surface area contributed by atoms with E-state index in [1.165, 1.54) is 0 Å². The molecule has 0 radical (unpaired) electrons. The third-order valence-corrected chi connectivity index (χ3v) is 5.84. The predicted molar refractivity (Wildman–Crippen MR) is 131 cm³/mol. The number of ether oxygens (including phenoxy) is 1. The van der Waals surface area contributed by atoms with Crippen molar-refractivity contribution in [1.82, 2.24) is 9.97 Å². The quantitative estimate of drug-likeness (QED) is 0.336. The molecule has 2 aromatic carbocycles. The maximum Gasteiger partial charge on any atom is 0.336 e. The van der Waals surface area contributed by atoms with Gasteiger partial charge in [-0.15, -0.1) is 11.3 Å². The summed E-state index contributed by atoms with van der Waals surface area (Å²) in [5.74, 6) is 0.413. The molecule has 4 rings (SSSR count). The van der Waals surface area contributed by atoms with Crippen molar-refractivity contribution in [3.63, 3.8) is 0 Å². The molecule has 33 heavy (non-hydrogen) atoms. The maximum absolute atomic E-state index is 11.7. The normalized spacial score (nSPS) is 10.9. The fourth-order valence-electron chi connectivity index (χ4n) is 3.50. The van der Waals surface area contributed by atoms with Crippen LogP contribution in [-0.2, 0) is 13.1 Å². The first-order valence-corrected chi connectivity index (χ1v) is 11.6. The second-order valence-electron chi connectivity index (χ2n) is 7.83. The number of nitrogens with zero attached hydrogens (tertiary/aromatic N) is 3. The minimum absolute atomic E-state index is 0.112. The zero-order chi connectivity index (χ0) is 23.2. The maximum atomic E-state index is 11.7. The highest BCUT2D eigenvalue weighted by Crippen LogP contribution is 2.25. The lowest BCUT2D eigenvalue weighted by Crippen LogP contribution is -2.25. The Morgan fingerprint density at radius 2 is 1.82 bits per heavy atom. The second-order valence-corrected chi connectivity index (χ2v) is 8.86. The van der Waals surface area contributed by atoms with E-state index in [1.807, 2.05) is 72.7 Å². The molecule has 0 saturated heterocycles. The molecule has 0 saturated carbocycles. The van der Waals surface area contributed by atoms with E-state index in [-0.39, 0.29) is 11.7 Å². The molecule has 0 aliphatic carbocycles. The largest absolute Gasteiger partial charge is 0.491 e. The molecule has 0 amide bonds. The number of carboxylic acids is 1. The smallest absolute Gasteiger partial charge is 0.336 e. The van der Waals surface area contributed by atoms with E-state index in [0.29, 0.717) is 24.6 Å². The van der Waals surface area contributed by atoms with E-state index in [1.54, 1.807) is 29.7 Å². The molecule has 0 aliphatic heterocycles. The van der Waals surface area contributed by atoms with Crippen LogP contribution in [0.25, 0.3) is 11.3 Å². The third-order valence-electron chi connectivity index (χ3n) is 4.98. The average Bonchev–Trinajstić information content (AvgIpc) is 3.32. The van der Waals surface area contributed by atoms with Gasteiger partial charge >= 0.3 is 5.97 Å². The number of thiophene rings is 1. The average molecular weight is 460 g/mol. The van der Waals surface area contributed by atoms with Crippen LogP contribution in [0.2, 0.25) is 0 Å². The van der Waals surface area contributed by atoms with Crippen LogP contribution in [0.1, 0.15) is 34.6 Å². The third kappa shape index (κ3) is 5.75. The molecule has 0 bridgehead atoms. The fraction of sp³-hybridized carbons (Fsp3) is 0.192. The van der Waals surface area contributed by atoms with E-state index in [0.717, 1.165) is 21.9 Å². The number of carboxylic acid groups (broad SMARTS) is 1. The number of aromatic carboxylic acids is 1. The Morgan fingerprint density at radius 3 is 2.52 bits per heavy atom. The van der Waals surface area contributed by atoms with Crippen molar-refractivity contribution in [1.29, 1.82) is 0 Å². The topological polar surface area (TPSA) is 75.5 Å². The lowest BCUT2D eigenvalue weighted by atomic mass is 10.1. The summed E-state index contributed by atoms with van der Waals surface area (Å²) in [7, 11) is 0. The van der Waals surface area contributed by atoms with Gasteiger partial charge in [0.1, 0.15) is 5.75 Å². The first-order valence-electron chi connectivity index (χ1n) is 10.7. The summed E-state index contributed by atoms with van der Waals surface area (Å²) >= 11 is 1.65. The molecule has 0 aliphatic rings. The summed E-state index contributed by atoms with van der Waals surface area (Å²) in [5, 5.41) is 11.6. The molecule has 168 valence electrons. The first-order chi connectivity index (χ1) is 16.0. The van der Waals surface area contributed by atoms with Crippen molar-refractivity contribution >= 4 is 23.3 Å². The van der Waals surface area contributed by atoms with Gasteiger partial charge in [0.15, 0.2) is 0 Å². The van der Waals surface area contributed by atoms with Gasteiger partial charge in [0.2, 0.25) is 5.95 Å². The lowest BCUT2D eigenvalue weighted by Gasteiger charge is -2.23. The molecule has 0 spiro atoms. The highest BCUT2D eigenvalue weighted by Gasteiger charge is 2.17. The van der Waals surface area contributed by atoms with Gasteiger partial charge < -0.3 is 14.7 Å². The highest BCUT2D eigenvalue weighted by molar-refractivity contribution is 7.09. The number of aromatic nitrogens is 2. The van der Waals surface area contributed by atoms with E-state index < -0.39 is 5.97 Å². The highest BCUT2D eigenvalue weighted by atomic mass is 32.1. The fourth-order valence-corrected chi connectivity index (χ4v) is 4.22. The van der Waals surface area contributed by atoms with Crippen molar-refractivity contribution in [3.05, 3.63) is 94.3 Å². The monoisotopic (exact) mass is 459 g/mol. The lowest BCUT2D eigenvalue weighted by molar-refractivity contribution is 0.0695. The number of rotatable bonds is 9. The molecule has 0 unspecified atom stereocenters. The van der Waals surface area contributed by atoms with E-state index in [4.69, 9.17) is 9.72 Å². The molecule has 6 nitrogen and oxygen atoms in total. The number of hydrogen-bond acceptors (Lipinski definition) is 6.